The molecular formula is C22H20ClFN2O5S2. The van der Waals surface area contributed by atoms with Crippen molar-refractivity contribution in [1.82, 2.24) is 10.3 Å². The Morgan fingerprint density at radius 1 is 1.18 bits per heavy atom. The Balaban J connectivity index is 1.59. The summed E-state index contributed by atoms with van der Waals surface area (Å²) in [5.74, 6) is -0.805. The Bertz CT molecular complexity index is 1220. The third kappa shape index (κ3) is 5.75. The Hall–Kier alpha value is -2.40. The molecule has 2 aromatic carbocycles. The van der Waals surface area contributed by atoms with E-state index in [4.69, 9.17) is 20.8 Å². The van der Waals surface area contributed by atoms with Crippen molar-refractivity contribution in [2.75, 3.05) is 18.9 Å². The molecule has 1 aliphatic heterocycles. The highest BCUT2D eigenvalue weighted by molar-refractivity contribution is 8.00. The highest BCUT2D eigenvalue weighted by Gasteiger charge is 2.29. The quantitative estimate of drug-likeness (QED) is 0.450. The molecule has 7 nitrogen and oxygen atoms in total. The van der Waals surface area contributed by atoms with Crippen LogP contribution in [0.1, 0.15) is 12.8 Å². The number of thioether (sulfide) groups is 1. The summed E-state index contributed by atoms with van der Waals surface area (Å²) >= 11 is 6.80. The summed E-state index contributed by atoms with van der Waals surface area (Å²) in [5, 5.41) is 2.82. The van der Waals surface area contributed by atoms with Crippen molar-refractivity contribution in [1.29, 1.82) is 0 Å². The molecule has 1 amide bonds. The number of nitrogens with zero attached hydrogens (tertiary/aromatic N) is 1. The molecule has 11 heteroatoms. The van der Waals surface area contributed by atoms with Gasteiger partial charge in [-0.05, 0) is 61.4 Å². The van der Waals surface area contributed by atoms with Crippen LogP contribution in [0.2, 0.25) is 5.02 Å². The van der Waals surface area contributed by atoms with E-state index in [9.17, 15) is 17.6 Å². The number of benzene rings is 2. The lowest BCUT2D eigenvalue weighted by molar-refractivity contribution is -0.119. The van der Waals surface area contributed by atoms with Gasteiger partial charge in [0.05, 0.1) is 16.8 Å². The molecule has 0 aliphatic carbocycles. The van der Waals surface area contributed by atoms with Gasteiger partial charge in [-0.25, -0.2) is 12.8 Å². The molecule has 1 aliphatic rings. The maximum atomic E-state index is 13.3. The average molecular weight is 511 g/mol. The summed E-state index contributed by atoms with van der Waals surface area (Å²) in [6, 6.07) is 11.0. The number of carbonyl (C=O) groups is 1. The van der Waals surface area contributed by atoms with Crippen molar-refractivity contribution in [3.63, 3.8) is 0 Å². The minimum Gasteiger partial charge on any atom is -0.428 e. The van der Waals surface area contributed by atoms with Crippen LogP contribution in [0.15, 0.2) is 68.0 Å². The molecule has 3 aromatic rings. The van der Waals surface area contributed by atoms with Crippen LogP contribution < -0.4 is 5.32 Å². The van der Waals surface area contributed by atoms with Crippen molar-refractivity contribution >= 4 is 39.1 Å². The van der Waals surface area contributed by atoms with E-state index in [0.29, 0.717) is 23.7 Å². The SMILES string of the molecule is O=C(CSc1oc(-c2ccc(F)cc2)nc1S(=O)(=O)c1ccc(Cl)cc1)NCC1CCCO1. The predicted octanol–water partition coefficient (Wildman–Crippen LogP) is 4.35. The van der Waals surface area contributed by atoms with Crippen molar-refractivity contribution in [2.45, 2.75) is 34.0 Å². The molecule has 1 atom stereocenters. The van der Waals surface area contributed by atoms with Crippen LogP contribution in [0.25, 0.3) is 11.5 Å². The number of sulfone groups is 1. The summed E-state index contributed by atoms with van der Waals surface area (Å²) in [4.78, 5) is 16.5. The lowest BCUT2D eigenvalue weighted by Crippen LogP contribution is -2.32. The summed E-state index contributed by atoms with van der Waals surface area (Å²) in [7, 11) is -4.07. The molecule has 1 saturated heterocycles. The average Bonchev–Trinajstić information content (AvgIpc) is 3.47. The monoisotopic (exact) mass is 510 g/mol. The van der Waals surface area contributed by atoms with E-state index in [-0.39, 0.29) is 38.7 Å². The third-order valence-electron chi connectivity index (χ3n) is 4.92. The van der Waals surface area contributed by atoms with Gasteiger partial charge >= 0.3 is 0 Å². The van der Waals surface area contributed by atoms with Gasteiger partial charge in [0.2, 0.25) is 31.8 Å². The van der Waals surface area contributed by atoms with Gasteiger partial charge in [0.1, 0.15) is 5.82 Å². The zero-order valence-corrected chi connectivity index (χ0v) is 19.7. The molecule has 2 heterocycles. The highest BCUT2D eigenvalue weighted by Crippen LogP contribution is 2.35. The highest BCUT2D eigenvalue weighted by atomic mass is 35.5. The molecule has 0 radical (unpaired) electrons. The second-order valence-corrected chi connectivity index (χ2v) is 10.6. The number of halogens is 2. The number of hydrogen-bond donors (Lipinski definition) is 1. The van der Waals surface area contributed by atoms with Crippen LogP contribution in [0, 0.1) is 5.82 Å². The van der Waals surface area contributed by atoms with E-state index in [2.05, 4.69) is 10.3 Å². The number of hydrogen-bond acceptors (Lipinski definition) is 7. The molecule has 1 unspecified atom stereocenters. The minimum atomic E-state index is -4.07. The summed E-state index contributed by atoms with van der Waals surface area (Å²) in [5.41, 5.74) is 0.402. The molecule has 4 rings (SSSR count). The van der Waals surface area contributed by atoms with E-state index in [1.807, 2.05) is 0 Å². The maximum Gasteiger partial charge on any atom is 0.230 e. The zero-order valence-electron chi connectivity index (χ0n) is 17.3. The fourth-order valence-electron chi connectivity index (χ4n) is 3.21. The largest absolute Gasteiger partial charge is 0.428 e. The van der Waals surface area contributed by atoms with E-state index < -0.39 is 15.7 Å². The predicted molar refractivity (Wildman–Crippen MR) is 122 cm³/mol. The first-order chi connectivity index (χ1) is 15.8. The van der Waals surface area contributed by atoms with Crippen LogP contribution >= 0.6 is 23.4 Å². The Labute approximate surface area is 199 Å². The van der Waals surface area contributed by atoms with Crippen LogP contribution in [0.3, 0.4) is 0 Å². The third-order valence-corrected chi connectivity index (χ3v) is 7.93. The maximum absolute atomic E-state index is 13.3. The molecule has 1 N–H and O–H groups in total. The first-order valence-corrected chi connectivity index (χ1v) is 13.0. The summed E-state index contributed by atoms with van der Waals surface area (Å²) in [6.45, 7) is 1.08. The fraction of sp³-hybridized carbons (Fsp3) is 0.273. The molecule has 1 aromatic heterocycles. The first kappa shape index (κ1) is 23.7. The lowest BCUT2D eigenvalue weighted by atomic mass is 10.2. The van der Waals surface area contributed by atoms with Gasteiger partial charge in [-0.3, -0.25) is 4.79 Å². The Morgan fingerprint density at radius 2 is 1.91 bits per heavy atom. The second-order valence-electron chi connectivity index (χ2n) is 7.30. The number of ether oxygens (including phenoxy) is 1. The molecule has 0 saturated carbocycles. The molecule has 174 valence electrons. The van der Waals surface area contributed by atoms with Gasteiger partial charge in [0, 0.05) is 23.7 Å². The van der Waals surface area contributed by atoms with Gasteiger partial charge in [0.25, 0.3) is 0 Å². The van der Waals surface area contributed by atoms with E-state index in [0.717, 1.165) is 24.6 Å². The molecular weight excluding hydrogens is 491 g/mol. The van der Waals surface area contributed by atoms with Gasteiger partial charge in [-0.15, -0.1) is 0 Å². The van der Waals surface area contributed by atoms with Crippen LogP contribution in [-0.2, 0) is 19.4 Å². The number of amides is 1. The normalized spacial score (nSPS) is 16.1. The first-order valence-electron chi connectivity index (χ1n) is 10.1. The number of aromatic nitrogens is 1. The molecule has 1 fully saturated rings. The molecule has 33 heavy (non-hydrogen) atoms. The van der Waals surface area contributed by atoms with Gasteiger partial charge in [-0.2, -0.15) is 4.98 Å². The van der Waals surface area contributed by atoms with Crippen molar-refractivity contribution in [3.05, 3.63) is 59.4 Å². The molecule has 0 bridgehead atoms. The number of oxazole rings is 1. The van der Waals surface area contributed by atoms with Gasteiger partial charge < -0.3 is 14.5 Å². The fourth-order valence-corrected chi connectivity index (χ4v) is 5.69. The van der Waals surface area contributed by atoms with Crippen LogP contribution in [-0.4, -0.2) is 44.3 Å². The minimum absolute atomic E-state index is 0.00445. The Morgan fingerprint density at radius 3 is 2.58 bits per heavy atom. The standard InChI is InChI=1S/C22H20ClFN2O5S2/c23-15-5-9-18(10-6-15)33(28,29)21-22(31-20(26-21)14-3-7-16(24)8-4-14)32-13-19(27)25-12-17-2-1-11-30-17/h3-10,17H,1-2,11-13H2,(H,25,27). The van der Waals surface area contributed by atoms with Gasteiger partial charge in [-0.1, -0.05) is 23.4 Å². The lowest BCUT2D eigenvalue weighted by Gasteiger charge is -2.10. The number of nitrogens with one attached hydrogen (secondary N) is 1. The summed E-state index contributed by atoms with van der Waals surface area (Å²) < 4.78 is 51.0. The van der Waals surface area contributed by atoms with E-state index in [1.165, 1.54) is 48.5 Å². The van der Waals surface area contributed by atoms with E-state index >= 15 is 0 Å². The van der Waals surface area contributed by atoms with E-state index in [1.54, 1.807) is 0 Å². The van der Waals surface area contributed by atoms with Crippen molar-refractivity contribution in [2.24, 2.45) is 0 Å². The summed E-state index contributed by atoms with van der Waals surface area (Å²) in [6.07, 6.45) is 1.85. The number of carbonyl (C=O) groups excluding carboxylic acids is 1. The van der Waals surface area contributed by atoms with Crippen molar-refractivity contribution in [3.8, 4) is 11.5 Å². The van der Waals surface area contributed by atoms with Gasteiger partial charge in [0.15, 0.2) is 0 Å². The zero-order chi connectivity index (χ0) is 23.4. The molecule has 0 spiro atoms. The number of rotatable bonds is 8. The topological polar surface area (TPSA) is 98.5 Å². The Kier molecular flexibility index (Phi) is 7.38. The van der Waals surface area contributed by atoms with Crippen LogP contribution in [0.4, 0.5) is 4.39 Å². The smallest absolute Gasteiger partial charge is 0.230 e. The second kappa shape index (κ2) is 10.3. The van der Waals surface area contributed by atoms with Crippen LogP contribution in [0.5, 0.6) is 0 Å². The van der Waals surface area contributed by atoms with Crippen molar-refractivity contribution < 1.29 is 26.8 Å².